The number of aryl methyl sites for hydroxylation is 2. The molecule has 1 aromatic carbocycles. The molecule has 27 heavy (non-hydrogen) atoms. The molecule has 0 saturated carbocycles. The Bertz CT molecular complexity index is 989. The minimum atomic E-state index is 0.0905. The van der Waals surface area contributed by atoms with Gasteiger partial charge in [-0.3, -0.25) is 4.79 Å². The van der Waals surface area contributed by atoms with Gasteiger partial charge in [0.25, 0.3) is 5.91 Å². The number of carbonyl (C=O) groups excluding carboxylic acids is 1. The zero-order chi connectivity index (χ0) is 18.4. The quantitative estimate of drug-likeness (QED) is 0.754. The lowest BCUT2D eigenvalue weighted by Crippen LogP contribution is -2.45. The molecule has 0 bridgehead atoms. The molecule has 2 aliphatic rings. The molecule has 0 spiro atoms. The van der Waals surface area contributed by atoms with Gasteiger partial charge in [-0.25, -0.2) is 0 Å². The largest absolute Gasteiger partial charge is 0.358 e. The van der Waals surface area contributed by atoms with E-state index >= 15 is 0 Å². The maximum Gasteiger partial charge on any atom is 0.254 e. The predicted octanol–water partition coefficient (Wildman–Crippen LogP) is 3.71. The fourth-order valence-electron chi connectivity index (χ4n) is 4.34. The summed E-state index contributed by atoms with van der Waals surface area (Å²) < 4.78 is 5.56. The summed E-state index contributed by atoms with van der Waals surface area (Å²) in [4.78, 5) is 22.9. The van der Waals surface area contributed by atoms with Crippen LogP contribution < -0.4 is 0 Å². The highest BCUT2D eigenvalue weighted by Crippen LogP contribution is 2.35. The summed E-state index contributed by atoms with van der Waals surface area (Å²) in [6.07, 6.45) is 5.85. The zero-order valence-electron chi connectivity index (χ0n) is 15.3. The molecule has 2 aliphatic heterocycles. The van der Waals surface area contributed by atoms with Gasteiger partial charge in [0.05, 0.1) is 11.6 Å². The second-order valence-electron chi connectivity index (χ2n) is 7.63. The lowest BCUT2D eigenvalue weighted by atomic mass is 9.90. The maximum absolute atomic E-state index is 13.1. The van der Waals surface area contributed by atoms with Crippen molar-refractivity contribution in [1.82, 2.24) is 20.0 Å². The molecule has 6 heteroatoms. The number of nitrogens with one attached hydrogen (secondary N) is 1. The van der Waals surface area contributed by atoms with E-state index in [1.54, 1.807) is 0 Å². The lowest BCUT2D eigenvalue weighted by Gasteiger charge is -2.37. The second kappa shape index (κ2) is 6.37. The average molecular weight is 362 g/mol. The average Bonchev–Trinajstić information content (AvgIpc) is 3.32. The predicted molar refractivity (Wildman–Crippen MR) is 100 cm³/mol. The molecule has 138 valence electrons. The molecule has 2 aromatic heterocycles. The van der Waals surface area contributed by atoms with Crippen LogP contribution in [0.5, 0.6) is 0 Å². The topological polar surface area (TPSA) is 75.0 Å². The van der Waals surface area contributed by atoms with Gasteiger partial charge in [0, 0.05) is 24.3 Å². The Morgan fingerprint density at radius 3 is 2.96 bits per heavy atom. The third kappa shape index (κ3) is 2.85. The van der Waals surface area contributed by atoms with E-state index in [1.807, 2.05) is 42.3 Å². The van der Waals surface area contributed by atoms with Gasteiger partial charge in [-0.1, -0.05) is 23.4 Å². The number of aromatic nitrogens is 3. The normalized spacial score (nSPS) is 22.3. The van der Waals surface area contributed by atoms with Crippen LogP contribution in [-0.4, -0.2) is 38.5 Å². The Morgan fingerprint density at radius 2 is 2.11 bits per heavy atom. The highest BCUT2D eigenvalue weighted by atomic mass is 16.5. The molecule has 1 fully saturated rings. The Balaban J connectivity index is 1.40. The van der Waals surface area contributed by atoms with Gasteiger partial charge in [-0.2, -0.15) is 4.98 Å². The van der Waals surface area contributed by atoms with Crippen LogP contribution in [0.3, 0.4) is 0 Å². The third-order valence-electron chi connectivity index (χ3n) is 5.82. The van der Waals surface area contributed by atoms with E-state index in [4.69, 9.17) is 4.52 Å². The minimum Gasteiger partial charge on any atom is -0.358 e. The van der Waals surface area contributed by atoms with Crippen molar-refractivity contribution < 1.29 is 9.32 Å². The molecule has 1 N–H and O–H groups in total. The first-order valence-electron chi connectivity index (χ1n) is 9.57. The minimum absolute atomic E-state index is 0.0905. The number of H-pyrrole nitrogens is 1. The molecule has 4 heterocycles. The Kier molecular flexibility index (Phi) is 3.85. The number of carbonyl (C=O) groups is 1. The summed E-state index contributed by atoms with van der Waals surface area (Å²) in [5.41, 5.74) is 3.99. The fourth-order valence-corrected chi connectivity index (χ4v) is 4.34. The van der Waals surface area contributed by atoms with Gasteiger partial charge in [0.2, 0.25) is 11.7 Å². The molecule has 2 atom stereocenters. The van der Waals surface area contributed by atoms with Gasteiger partial charge in [0.15, 0.2) is 0 Å². The number of amides is 1. The number of hydrogen-bond acceptors (Lipinski definition) is 4. The number of rotatable bonds is 2. The number of nitrogens with zero attached hydrogens (tertiary/aromatic N) is 3. The van der Waals surface area contributed by atoms with E-state index in [-0.39, 0.29) is 11.8 Å². The molecule has 1 amide bonds. The number of hydrogen-bond donors (Lipinski definition) is 1. The van der Waals surface area contributed by atoms with Crippen LogP contribution in [0, 0.1) is 6.92 Å². The number of piperidine rings is 1. The summed E-state index contributed by atoms with van der Waals surface area (Å²) in [6, 6.07) is 10.3. The van der Waals surface area contributed by atoms with Gasteiger partial charge in [-0.05, 0) is 55.9 Å². The van der Waals surface area contributed by atoms with E-state index in [1.165, 1.54) is 0 Å². The number of benzene rings is 1. The first-order chi connectivity index (χ1) is 13.2. The fraction of sp³-hybridized carbons (Fsp3) is 0.381. The Morgan fingerprint density at radius 1 is 1.22 bits per heavy atom. The molecule has 0 radical (unpaired) electrons. The smallest absolute Gasteiger partial charge is 0.254 e. The first kappa shape index (κ1) is 16.3. The van der Waals surface area contributed by atoms with E-state index < -0.39 is 0 Å². The summed E-state index contributed by atoms with van der Waals surface area (Å²) in [7, 11) is 0. The molecule has 3 aromatic rings. The first-order valence-corrected chi connectivity index (χ1v) is 9.57. The molecule has 0 aliphatic carbocycles. The van der Waals surface area contributed by atoms with Crippen LogP contribution in [0.1, 0.15) is 52.6 Å². The number of fused-ring (bicyclic) bond motifs is 2. The molecular formula is C21H22N4O2. The van der Waals surface area contributed by atoms with Crippen LogP contribution in [0.15, 0.2) is 41.1 Å². The van der Waals surface area contributed by atoms with Crippen LogP contribution in [0.2, 0.25) is 0 Å². The summed E-state index contributed by atoms with van der Waals surface area (Å²) in [6.45, 7) is 2.66. The molecule has 5 rings (SSSR count). The van der Waals surface area contributed by atoms with Crippen LogP contribution in [0.4, 0.5) is 0 Å². The van der Waals surface area contributed by atoms with Crippen molar-refractivity contribution in [2.45, 2.75) is 44.6 Å². The monoisotopic (exact) mass is 362 g/mol. The SMILES string of the molecule is Cc1c[nH]c(-c2noc([C@@H]3CC[C@@H]4CCc5ccccc5C(=O)N4C3)n2)c1. The van der Waals surface area contributed by atoms with Gasteiger partial charge in [0.1, 0.15) is 0 Å². The maximum atomic E-state index is 13.1. The van der Waals surface area contributed by atoms with E-state index in [0.717, 1.165) is 48.1 Å². The number of aromatic amines is 1. The standard InChI is InChI=1S/C21H22N4O2/c1-13-10-18(22-11-13)19-23-20(27-24-19)15-7-9-16-8-6-14-4-2-3-5-17(14)21(26)25(16)12-15/h2-5,10-11,15-16,22H,6-9,12H2,1H3/t15-,16+/m1/s1. The van der Waals surface area contributed by atoms with E-state index in [0.29, 0.717) is 24.3 Å². The van der Waals surface area contributed by atoms with Crippen molar-refractivity contribution in [1.29, 1.82) is 0 Å². The molecular weight excluding hydrogens is 340 g/mol. The highest BCUT2D eigenvalue weighted by Gasteiger charge is 2.37. The molecule has 6 nitrogen and oxygen atoms in total. The summed E-state index contributed by atoms with van der Waals surface area (Å²) >= 11 is 0. The van der Waals surface area contributed by atoms with E-state index in [9.17, 15) is 4.79 Å². The van der Waals surface area contributed by atoms with Crippen molar-refractivity contribution in [3.05, 3.63) is 59.1 Å². The van der Waals surface area contributed by atoms with Gasteiger partial charge in [-0.15, -0.1) is 0 Å². The van der Waals surface area contributed by atoms with Gasteiger partial charge < -0.3 is 14.4 Å². The van der Waals surface area contributed by atoms with Crippen LogP contribution in [-0.2, 0) is 6.42 Å². The van der Waals surface area contributed by atoms with Gasteiger partial charge >= 0.3 is 0 Å². The van der Waals surface area contributed by atoms with Crippen molar-refractivity contribution in [2.24, 2.45) is 0 Å². The van der Waals surface area contributed by atoms with Crippen LogP contribution in [0.25, 0.3) is 11.5 Å². The lowest BCUT2D eigenvalue weighted by molar-refractivity contribution is 0.0570. The molecule has 1 saturated heterocycles. The Hall–Kier alpha value is -2.89. The second-order valence-corrected chi connectivity index (χ2v) is 7.63. The third-order valence-corrected chi connectivity index (χ3v) is 5.82. The Labute approximate surface area is 157 Å². The summed E-state index contributed by atoms with van der Waals surface area (Å²) in [5, 5.41) is 4.13. The van der Waals surface area contributed by atoms with Crippen molar-refractivity contribution >= 4 is 5.91 Å². The van der Waals surface area contributed by atoms with E-state index in [2.05, 4.69) is 21.2 Å². The van der Waals surface area contributed by atoms with Crippen molar-refractivity contribution in [3.8, 4) is 11.5 Å². The zero-order valence-corrected chi connectivity index (χ0v) is 15.3. The van der Waals surface area contributed by atoms with Crippen molar-refractivity contribution in [2.75, 3.05) is 6.54 Å². The van der Waals surface area contributed by atoms with Crippen LogP contribution >= 0.6 is 0 Å². The molecule has 0 unspecified atom stereocenters. The highest BCUT2D eigenvalue weighted by molar-refractivity contribution is 5.96. The summed E-state index contributed by atoms with van der Waals surface area (Å²) in [5.74, 6) is 1.43. The van der Waals surface area contributed by atoms with Crippen molar-refractivity contribution in [3.63, 3.8) is 0 Å².